The predicted octanol–water partition coefficient (Wildman–Crippen LogP) is 6.26. The maximum Gasteiger partial charge on any atom is 0.416 e. The first-order valence-electron chi connectivity index (χ1n) is 12.5. The third-order valence-electron chi connectivity index (χ3n) is 6.52. The van der Waals surface area contributed by atoms with Crippen LogP contribution in [-0.4, -0.2) is 38.4 Å². The molecule has 0 radical (unpaired) electrons. The molecule has 3 aromatic carbocycles. The second-order valence-electron chi connectivity index (χ2n) is 9.17. The Hall–Kier alpha value is -3.60. The molecule has 0 spiro atoms. The summed E-state index contributed by atoms with van der Waals surface area (Å²) in [6.07, 6.45) is -3.33. The number of carbonyl (C=O) groups is 1. The van der Waals surface area contributed by atoms with E-state index in [2.05, 4.69) is 0 Å². The fraction of sp³-hybridized carbons (Fsp3) is 0.321. The molecule has 0 saturated heterocycles. The minimum atomic E-state index is -4.74. The molecule has 208 valence electrons. The summed E-state index contributed by atoms with van der Waals surface area (Å²) < 4.78 is 85.8. The Morgan fingerprint density at radius 2 is 1.67 bits per heavy atom. The Bertz CT molecular complexity index is 1450. The Morgan fingerprint density at radius 3 is 2.28 bits per heavy atom. The van der Waals surface area contributed by atoms with Crippen LogP contribution in [0, 0.1) is 5.82 Å². The smallest absolute Gasteiger partial charge is 0.379 e. The quantitative estimate of drug-likeness (QED) is 0.215. The van der Waals surface area contributed by atoms with Gasteiger partial charge in [0.1, 0.15) is 16.5 Å². The summed E-state index contributed by atoms with van der Waals surface area (Å²) in [6.45, 7) is 4.97. The van der Waals surface area contributed by atoms with Gasteiger partial charge in [0.05, 0.1) is 11.1 Å². The van der Waals surface area contributed by atoms with Crippen molar-refractivity contribution in [3.05, 3.63) is 89.2 Å². The minimum Gasteiger partial charge on any atom is -0.379 e. The summed E-state index contributed by atoms with van der Waals surface area (Å²) in [5.41, 5.74) is -0.280. The van der Waals surface area contributed by atoms with Crippen molar-refractivity contribution in [2.24, 2.45) is 0 Å². The van der Waals surface area contributed by atoms with Crippen molar-refractivity contribution in [3.8, 4) is 5.75 Å². The van der Waals surface area contributed by atoms with Crippen molar-refractivity contribution in [1.29, 1.82) is 0 Å². The summed E-state index contributed by atoms with van der Waals surface area (Å²) in [5.74, 6) is -1.34. The molecule has 1 aliphatic rings. The van der Waals surface area contributed by atoms with Crippen LogP contribution in [0.15, 0.2) is 71.6 Å². The largest absolute Gasteiger partial charge is 0.416 e. The predicted molar refractivity (Wildman–Crippen MR) is 139 cm³/mol. The van der Waals surface area contributed by atoms with E-state index in [4.69, 9.17) is 4.18 Å². The van der Waals surface area contributed by atoms with Gasteiger partial charge in [0.2, 0.25) is 0 Å². The van der Waals surface area contributed by atoms with Crippen LogP contribution >= 0.6 is 0 Å². The zero-order valence-electron chi connectivity index (χ0n) is 21.4. The zero-order valence-corrected chi connectivity index (χ0v) is 22.2. The summed E-state index contributed by atoms with van der Waals surface area (Å²) in [6, 6.07) is 13.6. The molecule has 0 unspecified atom stereocenters. The van der Waals surface area contributed by atoms with Crippen LogP contribution in [-0.2, 0) is 22.8 Å². The van der Waals surface area contributed by atoms with Gasteiger partial charge in [-0.2, -0.15) is 21.6 Å². The van der Waals surface area contributed by atoms with E-state index in [1.54, 1.807) is 18.2 Å². The first kappa shape index (κ1) is 28.4. The SMILES string of the molecule is CCN(CC)c1ccc(CN(C(=O)c2ccccc2F)C2CC2)c(OS(=O)(=O)c2cccc(C(F)(F)F)c2)c1. The van der Waals surface area contributed by atoms with Crippen LogP contribution in [0.5, 0.6) is 5.75 Å². The van der Waals surface area contributed by atoms with Crippen LogP contribution in [0.25, 0.3) is 0 Å². The number of carbonyl (C=O) groups excluding carboxylic acids is 1. The molecule has 1 aliphatic carbocycles. The highest BCUT2D eigenvalue weighted by Gasteiger charge is 2.35. The number of halogens is 4. The number of benzene rings is 3. The molecule has 0 heterocycles. The van der Waals surface area contributed by atoms with Gasteiger partial charge in [-0.3, -0.25) is 4.79 Å². The molecule has 0 N–H and O–H groups in total. The zero-order chi connectivity index (χ0) is 28.4. The minimum absolute atomic E-state index is 0.0796. The number of amides is 1. The Labute approximate surface area is 224 Å². The van der Waals surface area contributed by atoms with E-state index in [0.717, 1.165) is 18.2 Å². The van der Waals surface area contributed by atoms with E-state index in [9.17, 15) is 30.8 Å². The van der Waals surface area contributed by atoms with Gasteiger partial charge >= 0.3 is 16.3 Å². The lowest BCUT2D eigenvalue weighted by molar-refractivity contribution is -0.137. The van der Waals surface area contributed by atoms with E-state index >= 15 is 0 Å². The van der Waals surface area contributed by atoms with Crippen molar-refractivity contribution in [2.45, 2.75) is 50.3 Å². The average molecular weight is 565 g/mol. The van der Waals surface area contributed by atoms with E-state index in [0.29, 0.717) is 43.2 Å². The molecule has 3 aromatic rings. The molecule has 4 rings (SSSR count). The molecular weight excluding hydrogens is 536 g/mol. The molecule has 11 heteroatoms. The fourth-order valence-corrected chi connectivity index (χ4v) is 5.26. The van der Waals surface area contributed by atoms with Gasteiger partial charge in [-0.15, -0.1) is 0 Å². The van der Waals surface area contributed by atoms with Gasteiger partial charge in [-0.1, -0.05) is 24.3 Å². The molecule has 0 bridgehead atoms. The maximum absolute atomic E-state index is 14.4. The van der Waals surface area contributed by atoms with Gasteiger partial charge in [0.15, 0.2) is 0 Å². The van der Waals surface area contributed by atoms with Crippen molar-refractivity contribution in [2.75, 3.05) is 18.0 Å². The second-order valence-corrected chi connectivity index (χ2v) is 10.7. The van der Waals surface area contributed by atoms with E-state index in [1.807, 2.05) is 18.7 Å². The van der Waals surface area contributed by atoms with Gasteiger partial charge in [-0.05, 0) is 63.1 Å². The van der Waals surface area contributed by atoms with E-state index in [-0.39, 0.29) is 23.9 Å². The highest BCUT2D eigenvalue weighted by Crippen LogP contribution is 2.36. The van der Waals surface area contributed by atoms with Crippen LogP contribution < -0.4 is 9.08 Å². The Kier molecular flexibility index (Phi) is 8.20. The molecule has 0 aliphatic heterocycles. The van der Waals surface area contributed by atoms with E-state index < -0.39 is 38.5 Å². The highest BCUT2D eigenvalue weighted by molar-refractivity contribution is 7.87. The van der Waals surface area contributed by atoms with Crippen LogP contribution in [0.3, 0.4) is 0 Å². The molecule has 0 aromatic heterocycles. The third-order valence-corrected chi connectivity index (χ3v) is 7.75. The molecule has 0 atom stereocenters. The average Bonchev–Trinajstić information content (AvgIpc) is 3.74. The lowest BCUT2D eigenvalue weighted by Crippen LogP contribution is -2.33. The number of hydrogen-bond acceptors (Lipinski definition) is 5. The van der Waals surface area contributed by atoms with Crippen LogP contribution in [0.1, 0.15) is 48.2 Å². The Balaban J connectivity index is 1.73. The van der Waals surface area contributed by atoms with Gasteiger partial charge < -0.3 is 14.0 Å². The van der Waals surface area contributed by atoms with Crippen molar-refractivity contribution >= 4 is 21.7 Å². The normalized spacial score (nSPS) is 13.7. The van der Waals surface area contributed by atoms with Crippen molar-refractivity contribution < 1.29 is 35.0 Å². The van der Waals surface area contributed by atoms with Crippen molar-refractivity contribution in [1.82, 2.24) is 4.90 Å². The number of alkyl halides is 3. The van der Waals surface area contributed by atoms with Gasteiger partial charge in [0.25, 0.3) is 5.91 Å². The molecule has 6 nitrogen and oxygen atoms in total. The standard InChI is InChI=1S/C28H28F4N2O4S/c1-3-33(4-2)22-13-12-19(18-34(21-14-15-21)27(35)24-10-5-6-11-25(24)29)26(17-22)38-39(36,37)23-9-7-8-20(16-23)28(30,31)32/h5-13,16-17,21H,3-4,14-15,18H2,1-2H3. The monoisotopic (exact) mass is 564 g/mol. The third kappa shape index (κ3) is 6.52. The lowest BCUT2D eigenvalue weighted by atomic mass is 10.1. The lowest BCUT2D eigenvalue weighted by Gasteiger charge is -2.26. The first-order valence-corrected chi connectivity index (χ1v) is 13.9. The second kappa shape index (κ2) is 11.3. The maximum atomic E-state index is 14.4. The van der Waals surface area contributed by atoms with Gasteiger partial charge in [0, 0.05) is 43.0 Å². The number of hydrogen-bond donors (Lipinski definition) is 0. The van der Waals surface area contributed by atoms with Gasteiger partial charge in [-0.25, -0.2) is 4.39 Å². The topological polar surface area (TPSA) is 66.9 Å². The molecule has 1 fully saturated rings. The van der Waals surface area contributed by atoms with Crippen molar-refractivity contribution in [3.63, 3.8) is 0 Å². The van der Waals surface area contributed by atoms with Crippen LogP contribution in [0.2, 0.25) is 0 Å². The number of anilines is 1. The Morgan fingerprint density at radius 1 is 0.974 bits per heavy atom. The highest BCUT2D eigenvalue weighted by atomic mass is 32.2. The van der Waals surface area contributed by atoms with E-state index in [1.165, 1.54) is 29.2 Å². The van der Waals surface area contributed by atoms with Crippen LogP contribution in [0.4, 0.5) is 23.2 Å². The molecular formula is C28H28F4N2O4S. The summed E-state index contributed by atoms with van der Waals surface area (Å²) in [5, 5.41) is 0. The number of rotatable bonds is 10. The number of nitrogens with zero attached hydrogens (tertiary/aromatic N) is 2. The molecule has 1 amide bonds. The fourth-order valence-electron chi connectivity index (χ4n) is 4.26. The summed E-state index contributed by atoms with van der Waals surface area (Å²) in [7, 11) is -4.68. The molecule has 1 saturated carbocycles. The first-order chi connectivity index (χ1) is 18.4. The molecule has 39 heavy (non-hydrogen) atoms. The summed E-state index contributed by atoms with van der Waals surface area (Å²) in [4.78, 5) is 16.0. The summed E-state index contributed by atoms with van der Waals surface area (Å²) >= 11 is 0.